The molecule has 0 spiro atoms. The second kappa shape index (κ2) is 7.13. The fraction of sp³-hybridized carbons (Fsp3) is 0.158. The first kappa shape index (κ1) is 16.5. The molecule has 1 aliphatic heterocycles. The Morgan fingerprint density at radius 2 is 2.00 bits per heavy atom. The maximum absolute atomic E-state index is 13.9. The Kier molecular flexibility index (Phi) is 4.53. The van der Waals surface area contributed by atoms with Crippen LogP contribution in [0, 0.1) is 5.82 Å². The molecule has 0 fully saturated rings. The van der Waals surface area contributed by atoms with Crippen molar-refractivity contribution in [1.82, 2.24) is 10.3 Å². The molecule has 2 aromatic carbocycles. The number of ether oxygens (including phenoxy) is 2. The normalized spacial score (nSPS) is 12.7. The molecule has 0 unspecified atom stereocenters. The summed E-state index contributed by atoms with van der Waals surface area (Å²) in [6.07, 6.45) is 0. The van der Waals surface area contributed by atoms with Crippen molar-refractivity contribution in [3.63, 3.8) is 0 Å². The zero-order valence-corrected chi connectivity index (χ0v) is 14.5. The van der Waals surface area contributed by atoms with Gasteiger partial charge in [-0.2, -0.15) is 0 Å². The van der Waals surface area contributed by atoms with Crippen molar-refractivity contribution < 1.29 is 18.7 Å². The highest BCUT2D eigenvalue weighted by molar-refractivity contribution is 7.13. The second-order valence-electron chi connectivity index (χ2n) is 5.64. The first-order valence-electron chi connectivity index (χ1n) is 8.08. The molecular weight excluding hydrogens is 355 g/mol. The lowest BCUT2D eigenvalue weighted by Gasteiger charge is -2.21. The van der Waals surface area contributed by atoms with E-state index in [9.17, 15) is 9.18 Å². The third-order valence-corrected chi connectivity index (χ3v) is 4.80. The second-order valence-corrected chi connectivity index (χ2v) is 6.50. The summed E-state index contributed by atoms with van der Waals surface area (Å²) in [6, 6.07) is 11.9. The Balaban J connectivity index is 1.47. The number of para-hydroxylation sites is 1. The molecule has 0 aliphatic carbocycles. The van der Waals surface area contributed by atoms with Gasteiger partial charge in [0.1, 0.15) is 29.7 Å². The molecule has 1 N–H and O–H groups in total. The lowest BCUT2D eigenvalue weighted by atomic mass is 10.1. The summed E-state index contributed by atoms with van der Waals surface area (Å²) in [4.78, 5) is 16.6. The molecule has 2 heterocycles. The number of carbonyl (C=O) groups is 1. The van der Waals surface area contributed by atoms with E-state index in [1.54, 1.807) is 23.6 Å². The van der Waals surface area contributed by atoms with Gasteiger partial charge in [0.05, 0.1) is 0 Å². The lowest BCUT2D eigenvalue weighted by molar-refractivity contribution is 0.0945. The van der Waals surface area contributed by atoms with Gasteiger partial charge in [-0.3, -0.25) is 4.79 Å². The van der Waals surface area contributed by atoms with Crippen LogP contribution in [0.5, 0.6) is 11.5 Å². The van der Waals surface area contributed by atoms with E-state index in [4.69, 9.17) is 9.47 Å². The number of hydrogen-bond donors (Lipinski definition) is 1. The zero-order chi connectivity index (χ0) is 17.9. The first-order chi connectivity index (χ1) is 12.7. The highest BCUT2D eigenvalue weighted by Gasteiger charge is 2.17. The average Bonchev–Trinajstić information content (AvgIpc) is 3.16. The van der Waals surface area contributed by atoms with Crippen molar-refractivity contribution in [2.75, 3.05) is 13.2 Å². The summed E-state index contributed by atoms with van der Waals surface area (Å²) in [7, 11) is 0. The van der Waals surface area contributed by atoms with Crippen LogP contribution in [-0.4, -0.2) is 24.1 Å². The number of amides is 1. The van der Waals surface area contributed by atoms with E-state index < -0.39 is 0 Å². The Labute approximate surface area is 153 Å². The molecule has 0 radical (unpaired) electrons. The van der Waals surface area contributed by atoms with Crippen LogP contribution in [-0.2, 0) is 6.54 Å². The number of nitrogens with zero attached hydrogens (tertiary/aromatic N) is 1. The maximum Gasteiger partial charge on any atom is 0.271 e. The number of halogens is 1. The minimum atomic E-state index is -0.359. The monoisotopic (exact) mass is 370 g/mol. The molecule has 0 saturated heterocycles. The van der Waals surface area contributed by atoms with Crippen LogP contribution in [0.4, 0.5) is 4.39 Å². The summed E-state index contributed by atoms with van der Waals surface area (Å²) in [5, 5.41) is 4.92. The summed E-state index contributed by atoms with van der Waals surface area (Å²) >= 11 is 1.23. The molecule has 7 heteroatoms. The number of benzene rings is 2. The molecular formula is C19H15FN2O3S. The fourth-order valence-corrected chi connectivity index (χ4v) is 3.50. The van der Waals surface area contributed by atoms with Crippen LogP contribution < -0.4 is 14.8 Å². The highest BCUT2D eigenvalue weighted by atomic mass is 32.1. The third-order valence-electron chi connectivity index (χ3n) is 3.93. The maximum atomic E-state index is 13.9. The number of rotatable bonds is 4. The zero-order valence-electron chi connectivity index (χ0n) is 13.7. The van der Waals surface area contributed by atoms with Crippen LogP contribution in [0.1, 0.15) is 16.1 Å². The predicted molar refractivity (Wildman–Crippen MR) is 96.1 cm³/mol. The van der Waals surface area contributed by atoms with Gasteiger partial charge in [-0.25, -0.2) is 9.37 Å². The fourth-order valence-electron chi connectivity index (χ4n) is 2.68. The van der Waals surface area contributed by atoms with E-state index >= 15 is 0 Å². The van der Waals surface area contributed by atoms with Crippen molar-refractivity contribution in [3.8, 4) is 22.1 Å². The van der Waals surface area contributed by atoms with Crippen molar-refractivity contribution in [2.45, 2.75) is 6.54 Å². The number of aromatic nitrogens is 1. The molecule has 26 heavy (non-hydrogen) atoms. The highest BCUT2D eigenvalue weighted by Crippen LogP contribution is 2.33. The van der Waals surface area contributed by atoms with Gasteiger partial charge < -0.3 is 14.8 Å². The van der Waals surface area contributed by atoms with Gasteiger partial charge in [-0.05, 0) is 18.2 Å². The quantitative estimate of drug-likeness (QED) is 0.762. The van der Waals surface area contributed by atoms with E-state index in [1.807, 2.05) is 18.2 Å². The van der Waals surface area contributed by atoms with Gasteiger partial charge in [-0.15, -0.1) is 11.3 Å². The van der Waals surface area contributed by atoms with E-state index in [0.29, 0.717) is 35.3 Å². The largest absolute Gasteiger partial charge is 0.486 e. The number of hydrogen-bond acceptors (Lipinski definition) is 5. The van der Waals surface area contributed by atoms with Crippen LogP contribution in [0.15, 0.2) is 47.8 Å². The molecule has 1 aliphatic rings. The molecule has 3 aromatic rings. The average molecular weight is 370 g/mol. The van der Waals surface area contributed by atoms with Gasteiger partial charge >= 0.3 is 0 Å². The predicted octanol–water partition coefficient (Wildman–Crippen LogP) is 3.65. The van der Waals surface area contributed by atoms with Crippen molar-refractivity contribution in [2.24, 2.45) is 0 Å². The van der Waals surface area contributed by atoms with Gasteiger partial charge in [0.25, 0.3) is 5.91 Å². The van der Waals surface area contributed by atoms with Crippen molar-refractivity contribution in [3.05, 3.63) is 64.9 Å². The minimum Gasteiger partial charge on any atom is -0.486 e. The first-order valence-corrected chi connectivity index (χ1v) is 8.96. The summed E-state index contributed by atoms with van der Waals surface area (Å²) < 4.78 is 25.0. The number of carbonyl (C=O) groups excluding carboxylic acids is 1. The molecule has 1 aromatic heterocycles. The SMILES string of the molecule is O=C(NCc1cccc2c1OCCO2)c1csc(-c2ccccc2F)n1. The molecule has 5 nitrogen and oxygen atoms in total. The van der Waals surface area contributed by atoms with Gasteiger partial charge in [0.2, 0.25) is 0 Å². The Hall–Kier alpha value is -2.93. The van der Waals surface area contributed by atoms with E-state index in [2.05, 4.69) is 10.3 Å². The molecule has 0 atom stereocenters. The van der Waals surface area contributed by atoms with E-state index in [0.717, 1.165) is 5.56 Å². The Morgan fingerprint density at radius 3 is 2.88 bits per heavy atom. The number of nitrogens with one attached hydrogen (secondary N) is 1. The lowest BCUT2D eigenvalue weighted by Crippen LogP contribution is -2.24. The van der Waals surface area contributed by atoms with Gasteiger partial charge in [0, 0.05) is 23.1 Å². The number of thiazole rings is 1. The number of fused-ring (bicyclic) bond motifs is 1. The van der Waals surface area contributed by atoms with Crippen LogP contribution in [0.2, 0.25) is 0 Å². The van der Waals surface area contributed by atoms with Crippen LogP contribution in [0.25, 0.3) is 10.6 Å². The Bertz CT molecular complexity index is 957. The molecule has 0 saturated carbocycles. The van der Waals surface area contributed by atoms with Gasteiger partial charge in [0.15, 0.2) is 11.5 Å². The molecule has 0 bridgehead atoms. The molecule has 4 rings (SSSR count). The van der Waals surface area contributed by atoms with E-state index in [-0.39, 0.29) is 24.0 Å². The molecule has 1 amide bonds. The minimum absolute atomic E-state index is 0.259. The topological polar surface area (TPSA) is 60.5 Å². The van der Waals surface area contributed by atoms with Crippen molar-refractivity contribution >= 4 is 17.2 Å². The summed E-state index contributed by atoms with van der Waals surface area (Å²) in [5.41, 5.74) is 1.48. The van der Waals surface area contributed by atoms with Crippen molar-refractivity contribution in [1.29, 1.82) is 0 Å². The standard InChI is InChI=1S/C19H15FN2O3S/c20-14-6-2-1-5-13(14)19-22-15(11-26-19)18(23)21-10-12-4-3-7-16-17(12)25-9-8-24-16/h1-7,11H,8-10H2,(H,21,23). The molecule has 132 valence electrons. The van der Waals surface area contributed by atoms with E-state index in [1.165, 1.54) is 17.4 Å². The van der Waals surface area contributed by atoms with Crippen LogP contribution in [0.3, 0.4) is 0 Å². The third kappa shape index (κ3) is 3.25. The van der Waals surface area contributed by atoms with Gasteiger partial charge in [-0.1, -0.05) is 24.3 Å². The smallest absolute Gasteiger partial charge is 0.271 e. The van der Waals surface area contributed by atoms with Crippen LogP contribution >= 0.6 is 11.3 Å². The summed E-state index contributed by atoms with van der Waals surface area (Å²) in [6.45, 7) is 1.29. The summed E-state index contributed by atoms with van der Waals surface area (Å²) in [5.74, 6) is 0.655. The Morgan fingerprint density at radius 1 is 1.15 bits per heavy atom.